The van der Waals surface area contributed by atoms with Gasteiger partial charge in [0.25, 0.3) is 0 Å². The zero-order valence-corrected chi connectivity index (χ0v) is 18.2. The summed E-state index contributed by atoms with van der Waals surface area (Å²) < 4.78 is 30.8. The van der Waals surface area contributed by atoms with Crippen molar-refractivity contribution in [1.82, 2.24) is 4.31 Å². The average molecular weight is 410 g/mol. The standard InChI is InChI=1S/C22H35NO4S/c1-3-4-5-6-7-8-9-10-11-12-13-19-14-16-20(17-15-19)28(25,26)23-18-21(23)22(24)27-2/h14-17,21H,3-13,18H2,1-2H3. The molecule has 0 N–H and O–H groups in total. The molecule has 1 saturated heterocycles. The molecule has 1 aromatic rings. The monoisotopic (exact) mass is 409 g/mol. The third-order valence-electron chi connectivity index (χ3n) is 5.39. The van der Waals surface area contributed by atoms with E-state index in [1.54, 1.807) is 12.1 Å². The zero-order valence-electron chi connectivity index (χ0n) is 17.4. The Morgan fingerprint density at radius 1 is 0.964 bits per heavy atom. The molecule has 2 rings (SSSR count). The first kappa shape index (κ1) is 22.9. The van der Waals surface area contributed by atoms with Crippen LogP contribution in [0, 0.1) is 0 Å². The van der Waals surface area contributed by atoms with Crippen LogP contribution in [0.2, 0.25) is 0 Å². The van der Waals surface area contributed by atoms with Crippen LogP contribution in [0.3, 0.4) is 0 Å². The number of aryl methyl sites for hydroxylation is 1. The van der Waals surface area contributed by atoms with Crippen LogP contribution in [0.4, 0.5) is 0 Å². The summed E-state index contributed by atoms with van der Waals surface area (Å²) in [5.41, 5.74) is 1.16. The Morgan fingerprint density at radius 3 is 2.04 bits per heavy atom. The molecule has 28 heavy (non-hydrogen) atoms. The largest absolute Gasteiger partial charge is 0.468 e. The van der Waals surface area contributed by atoms with Gasteiger partial charge in [-0.1, -0.05) is 76.8 Å². The fourth-order valence-electron chi connectivity index (χ4n) is 3.50. The molecule has 1 heterocycles. The second-order valence-corrected chi connectivity index (χ2v) is 9.58. The Kier molecular flexibility index (Phi) is 9.45. The molecule has 0 spiro atoms. The number of methoxy groups -OCH3 is 1. The van der Waals surface area contributed by atoms with Gasteiger partial charge < -0.3 is 4.74 Å². The maximum absolute atomic E-state index is 12.5. The smallest absolute Gasteiger partial charge is 0.325 e. The van der Waals surface area contributed by atoms with Crippen LogP contribution in [-0.2, 0) is 26.0 Å². The number of hydrogen-bond acceptors (Lipinski definition) is 4. The van der Waals surface area contributed by atoms with Gasteiger partial charge in [-0.25, -0.2) is 8.42 Å². The fourth-order valence-corrected chi connectivity index (χ4v) is 5.01. The second kappa shape index (κ2) is 11.6. The lowest BCUT2D eigenvalue weighted by atomic mass is 10.0. The van der Waals surface area contributed by atoms with E-state index in [4.69, 9.17) is 0 Å². The fraction of sp³-hybridized carbons (Fsp3) is 0.682. The highest BCUT2D eigenvalue weighted by molar-refractivity contribution is 7.89. The van der Waals surface area contributed by atoms with Crippen LogP contribution in [0.1, 0.15) is 76.7 Å². The van der Waals surface area contributed by atoms with Crippen molar-refractivity contribution in [3.05, 3.63) is 29.8 Å². The summed E-state index contributed by atoms with van der Waals surface area (Å²) in [7, 11) is -2.33. The molecular formula is C22H35NO4S. The molecule has 158 valence electrons. The summed E-state index contributed by atoms with van der Waals surface area (Å²) in [5.74, 6) is -0.499. The molecule has 6 heteroatoms. The maximum Gasteiger partial charge on any atom is 0.325 e. The van der Waals surface area contributed by atoms with Crippen molar-refractivity contribution >= 4 is 16.0 Å². The molecule has 1 aliphatic rings. The molecule has 1 aromatic carbocycles. The Balaban J connectivity index is 1.64. The number of sulfonamides is 1. The van der Waals surface area contributed by atoms with Gasteiger partial charge in [-0.15, -0.1) is 0 Å². The molecule has 0 aromatic heterocycles. The molecule has 1 aliphatic heterocycles. The third-order valence-corrected chi connectivity index (χ3v) is 7.28. The minimum atomic E-state index is -3.60. The Labute approximate surface area is 170 Å². The summed E-state index contributed by atoms with van der Waals surface area (Å²) >= 11 is 0. The van der Waals surface area contributed by atoms with Crippen molar-refractivity contribution < 1.29 is 17.9 Å². The summed E-state index contributed by atoms with van der Waals surface area (Å²) in [6.07, 6.45) is 14.1. The Morgan fingerprint density at radius 2 is 1.50 bits per heavy atom. The van der Waals surface area contributed by atoms with E-state index in [1.165, 1.54) is 69.2 Å². The number of ether oxygens (including phenoxy) is 1. The second-order valence-electron chi connectivity index (χ2n) is 7.69. The lowest BCUT2D eigenvalue weighted by Crippen LogP contribution is -2.20. The first-order chi connectivity index (χ1) is 13.5. The lowest BCUT2D eigenvalue weighted by molar-refractivity contribution is -0.140. The van der Waals surface area contributed by atoms with E-state index < -0.39 is 22.0 Å². The van der Waals surface area contributed by atoms with Crippen molar-refractivity contribution in [3.8, 4) is 0 Å². The van der Waals surface area contributed by atoms with Crippen molar-refractivity contribution in [2.75, 3.05) is 13.7 Å². The number of nitrogens with zero attached hydrogens (tertiary/aromatic N) is 1. The molecule has 2 unspecified atom stereocenters. The van der Waals surface area contributed by atoms with Gasteiger partial charge in [0.15, 0.2) is 0 Å². The van der Waals surface area contributed by atoms with Crippen molar-refractivity contribution in [2.45, 2.75) is 88.5 Å². The van der Waals surface area contributed by atoms with E-state index in [1.807, 2.05) is 12.1 Å². The summed E-state index contributed by atoms with van der Waals surface area (Å²) in [6.45, 7) is 2.45. The van der Waals surface area contributed by atoms with Gasteiger partial charge in [0, 0.05) is 6.54 Å². The number of unbranched alkanes of at least 4 members (excludes halogenated alkanes) is 9. The summed E-state index contributed by atoms with van der Waals surface area (Å²) in [5, 5.41) is 0. The molecule has 2 atom stereocenters. The normalized spacial score (nSPS) is 18.8. The van der Waals surface area contributed by atoms with Gasteiger partial charge in [0.2, 0.25) is 10.0 Å². The minimum absolute atomic E-state index is 0.204. The first-order valence-electron chi connectivity index (χ1n) is 10.7. The van der Waals surface area contributed by atoms with Crippen LogP contribution >= 0.6 is 0 Å². The topological polar surface area (TPSA) is 63.5 Å². The minimum Gasteiger partial charge on any atom is -0.468 e. The lowest BCUT2D eigenvalue weighted by Gasteiger charge is -2.07. The van der Waals surface area contributed by atoms with Crippen LogP contribution < -0.4 is 0 Å². The van der Waals surface area contributed by atoms with Crippen LogP contribution in [-0.4, -0.2) is 38.4 Å². The van der Waals surface area contributed by atoms with Crippen molar-refractivity contribution in [1.29, 1.82) is 0 Å². The van der Waals surface area contributed by atoms with E-state index in [0.29, 0.717) is 0 Å². The van der Waals surface area contributed by atoms with Gasteiger partial charge in [-0.05, 0) is 30.5 Å². The van der Waals surface area contributed by atoms with Crippen LogP contribution in [0.15, 0.2) is 29.2 Å². The highest BCUT2D eigenvalue weighted by atomic mass is 32.2. The molecular weight excluding hydrogens is 374 g/mol. The van der Waals surface area contributed by atoms with Gasteiger partial charge in [0.05, 0.1) is 12.0 Å². The van der Waals surface area contributed by atoms with E-state index in [-0.39, 0.29) is 11.4 Å². The molecule has 0 bridgehead atoms. The quantitative estimate of drug-likeness (QED) is 0.254. The summed E-state index contributed by atoms with van der Waals surface area (Å²) in [6, 6.07) is 6.40. The molecule has 0 amide bonds. The van der Waals surface area contributed by atoms with Gasteiger partial charge in [0.1, 0.15) is 6.04 Å². The number of benzene rings is 1. The van der Waals surface area contributed by atoms with Crippen molar-refractivity contribution in [3.63, 3.8) is 0 Å². The van der Waals surface area contributed by atoms with Gasteiger partial charge in [-0.2, -0.15) is 4.31 Å². The number of carbonyl (C=O) groups is 1. The predicted molar refractivity (Wildman–Crippen MR) is 112 cm³/mol. The average Bonchev–Trinajstić information content (AvgIpc) is 3.51. The van der Waals surface area contributed by atoms with E-state index in [0.717, 1.165) is 18.4 Å². The first-order valence-corrected chi connectivity index (χ1v) is 12.1. The number of esters is 1. The predicted octanol–water partition coefficient (Wildman–Crippen LogP) is 4.70. The number of carbonyl (C=O) groups excluding carboxylic acids is 1. The Hall–Kier alpha value is -1.40. The molecule has 0 radical (unpaired) electrons. The molecule has 0 aliphatic carbocycles. The van der Waals surface area contributed by atoms with Gasteiger partial charge in [-0.3, -0.25) is 4.79 Å². The Bertz CT molecular complexity index is 700. The van der Waals surface area contributed by atoms with Crippen molar-refractivity contribution in [2.24, 2.45) is 0 Å². The van der Waals surface area contributed by atoms with E-state index >= 15 is 0 Å². The van der Waals surface area contributed by atoms with E-state index in [9.17, 15) is 13.2 Å². The maximum atomic E-state index is 12.5. The van der Waals surface area contributed by atoms with Gasteiger partial charge >= 0.3 is 5.97 Å². The number of hydrogen-bond donors (Lipinski definition) is 0. The van der Waals surface area contributed by atoms with E-state index in [2.05, 4.69) is 11.7 Å². The van der Waals surface area contributed by atoms with Crippen LogP contribution in [0.5, 0.6) is 0 Å². The summed E-state index contributed by atoms with van der Waals surface area (Å²) in [4.78, 5) is 11.7. The van der Waals surface area contributed by atoms with Crippen LogP contribution in [0.25, 0.3) is 0 Å². The molecule has 0 saturated carbocycles. The highest BCUT2D eigenvalue weighted by Gasteiger charge is 2.50. The zero-order chi connectivity index (χ0) is 20.4. The SMILES string of the molecule is CCCCCCCCCCCCc1ccc(S(=O)(=O)N2CC2C(=O)OC)cc1. The molecule has 5 nitrogen and oxygen atoms in total. The highest BCUT2D eigenvalue weighted by Crippen LogP contribution is 2.29. The third kappa shape index (κ3) is 6.89. The molecule has 1 fully saturated rings. The number of rotatable bonds is 14.